The molecule has 0 aliphatic rings. The third-order valence-corrected chi connectivity index (χ3v) is 4.06. The molecule has 0 saturated heterocycles. The van der Waals surface area contributed by atoms with Crippen LogP contribution in [0.15, 0.2) is 18.2 Å². The number of ketones is 1. The number of carbonyl (C=O) groups excluding carboxylic acids is 2. The van der Waals surface area contributed by atoms with E-state index in [2.05, 4.69) is 36.6 Å². The molecule has 1 rings (SSSR count). The number of Topliss-reactive ketones (excluding diaryl/α,β-unsaturated/α-hetero) is 1. The van der Waals surface area contributed by atoms with Gasteiger partial charge in [0.1, 0.15) is 5.78 Å². The summed E-state index contributed by atoms with van der Waals surface area (Å²) in [6.07, 6.45) is 0. The van der Waals surface area contributed by atoms with E-state index in [9.17, 15) is 9.59 Å². The zero-order chi connectivity index (χ0) is 13.0. The third kappa shape index (κ3) is 3.64. The van der Waals surface area contributed by atoms with Gasteiger partial charge in [0.25, 0.3) is 0 Å². The molecule has 0 spiro atoms. The maximum atomic E-state index is 11.5. The van der Waals surface area contributed by atoms with Crippen molar-refractivity contribution in [3.8, 4) is 0 Å². The van der Waals surface area contributed by atoms with Gasteiger partial charge >= 0.3 is 5.97 Å². The highest BCUT2D eigenvalue weighted by atomic mass is 79.9. The molecular weight excluding hydrogens is 352 g/mol. The van der Waals surface area contributed by atoms with Crippen LogP contribution >= 0.6 is 31.9 Å². The molecule has 1 aromatic rings. The number of esters is 1. The molecule has 0 amide bonds. The standard InChI is InChI=1S/C12H12Br2O3/c1-7(15)11(14)9-3-8(6-13)4-10(5-9)12(16)17-2/h3-5,11H,6H2,1-2H3. The van der Waals surface area contributed by atoms with Gasteiger partial charge in [-0.15, -0.1) is 0 Å². The van der Waals surface area contributed by atoms with Gasteiger partial charge in [-0.05, 0) is 30.2 Å². The fourth-order valence-electron chi connectivity index (χ4n) is 1.41. The van der Waals surface area contributed by atoms with E-state index in [0.717, 1.165) is 11.1 Å². The van der Waals surface area contributed by atoms with Gasteiger partial charge in [-0.1, -0.05) is 37.9 Å². The molecule has 1 atom stereocenters. The molecule has 0 saturated carbocycles. The second-order valence-corrected chi connectivity index (χ2v) is 5.04. The van der Waals surface area contributed by atoms with Crippen molar-refractivity contribution >= 4 is 43.6 Å². The number of hydrogen-bond donors (Lipinski definition) is 0. The summed E-state index contributed by atoms with van der Waals surface area (Å²) >= 11 is 6.63. The predicted molar refractivity (Wildman–Crippen MR) is 72.8 cm³/mol. The van der Waals surface area contributed by atoms with Crippen LogP contribution in [0.25, 0.3) is 0 Å². The summed E-state index contributed by atoms with van der Waals surface area (Å²) in [6, 6.07) is 5.28. The molecule has 0 fully saturated rings. The lowest BCUT2D eigenvalue weighted by Crippen LogP contribution is -2.06. The van der Waals surface area contributed by atoms with Gasteiger partial charge in [0.15, 0.2) is 0 Å². The zero-order valence-corrected chi connectivity index (χ0v) is 12.7. The minimum Gasteiger partial charge on any atom is -0.465 e. The Hall–Kier alpha value is -0.680. The minimum absolute atomic E-state index is 0.00691. The maximum Gasteiger partial charge on any atom is 0.337 e. The molecule has 17 heavy (non-hydrogen) atoms. The predicted octanol–water partition coefficient (Wildman–Crippen LogP) is 3.39. The van der Waals surface area contributed by atoms with Crippen LogP contribution in [-0.4, -0.2) is 18.9 Å². The molecule has 0 heterocycles. The summed E-state index contributed by atoms with van der Waals surface area (Å²) < 4.78 is 4.68. The van der Waals surface area contributed by atoms with Crippen LogP contribution in [0.1, 0.15) is 33.2 Å². The number of alkyl halides is 2. The fraction of sp³-hybridized carbons (Fsp3) is 0.333. The minimum atomic E-state index is -0.405. The lowest BCUT2D eigenvalue weighted by Gasteiger charge is -2.10. The molecular formula is C12H12Br2O3. The first-order valence-corrected chi connectivity index (χ1v) is 6.96. The van der Waals surface area contributed by atoms with E-state index < -0.39 is 10.8 Å². The smallest absolute Gasteiger partial charge is 0.337 e. The lowest BCUT2D eigenvalue weighted by atomic mass is 10.0. The number of rotatable bonds is 4. The Morgan fingerprint density at radius 3 is 2.47 bits per heavy atom. The highest BCUT2D eigenvalue weighted by Crippen LogP contribution is 2.26. The average Bonchev–Trinajstić information content (AvgIpc) is 2.35. The van der Waals surface area contributed by atoms with Crippen LogP contribution in [0, 0.1) is 0 Å². The number of ether oxygens (including phenoxy) is 1. The molecule has 0 bridgehead atoms. The van der Waals surface area contributed by atoms with Crippen molar-refractivity contribution in [1.82, 2.24) is 0 Å². The molecule has 0 N–H and O–H groups in total. The zero-order valence-electron chi connectivity index (χ0n) is 9.50. The van der Waals surface area contributed by atoms with Gasteiger partial charge in [0.2, 0.25) is 0 Å². The van der Waals surface area contributed by atoms with E-state index in [1.54, 1.807) is 12.1 Å². The molecule has 92 valence electrons. The van der Waals surface area contributed by atoms with Crippen LogP contribution in [0.5, 0.6) is 0 Å². The quantitative estimate of drug-likeness (QED) is 0.608. The summed E-state index contributed by atoms with van der Waals surface area (Å²) in [6.45, 7) is 1.50. The number of benzene rings is 1. The number of hydrogen-bond acceptors (Lipinski definition) is 3. The normalized spacial score (nSPS) is 12.0. The molecule has 0 aliphatic heterocycles. The van der Waals surface area contributed by atoms with E-state index >= 15 is 0 Å². The Labute approximate surface area is 117 Å². The van der Waals surface area contributed by atoms with Crippen molar-refractivity contribution in [3.05, 3.63) is 34.9 Å². The fourth-order valence-corrected chi connectivity index (χ4v) is 2.00. The van der Waals surface area contributed by atoms with E-state index in [0.29, 0.717) is 10.9 Å². The van der Waals surface area contributed by atoms with Gasteiger partial charge in [0.05, 0.1) is 17.5 Å². The molecule has 0 aliphatic carbocycles. The molecule has 1 unspecified atom stereocenters. The van der Waals surface area contributed by atoms with E-state index in [-0.39, 0.29) is 5.78 Å². The summed E-state index contributed by atoms with van der Waals surface area (Å²) in [5, 5.41) is 0.614. The first kappa shape index (κ1) is 14.4. The lowest BCUT2D eigenvalue weighted by molar-refractivity contribution is -0.116. The largest absolute Gasteiger partial charge is 0.465 e. The van der Waals surface area contributed by atoms with Gasteiger partial charge in [0, 0.05) is 5.33 Å². The van der Waals surface area contributed by atoms with Crippen LogP contribution in [0.3, 0.4) is 0 Å². The van der Waals surface area contributed by atoms with E-state index in [1.807, 2.05) is 6.07 Å². The van der Waals surface area contributed by atoms with Crippen molar-refractivity contribution in [2.45, 2.75) is 17.1 Å². The van der Waals surface area contributed by atoms with Crippen LogP contribution in [-0.2, 0) is 14.9 Å². The highest BCUT2D eigenvalue weighted by Gasteiger charge is 2.16. The van der Waals surface area contributed by atoms with E-state index in [4.69, 9.17) is 0 Å². The van der Waals surface area contributed by atoms with Crippen molar-refractivity contribution in [3.63, 3.8) is 0 Å². The van der Waals surface area contributed by atoms with Crippen molar-refractivity contribution in [1.29, 1.82) is 0 Å². The van der Waals surface area contributed by atoms with Crippen LogP contribution in [0.4, 0.5) is 0 Å². The third-order valence-electron chi connectivity index (χ3n) is 2.24. The van der Waals surface area contributed by atoms with Crippen LogP contribution < -0.4 is 0 Å². The first-order valence-electron chi connectivity index (χ1n) is 4.92. The Bertz CT molecular complexity index is 443. The summed E-state index contributed by atoms with van der Waals surface area (Å²) in [5.74, 6) is -0.412. The van der Waals surface area contributed by atoms with Gasteiger partial charge in [-0.25, -0.2) is 4.79 Å². The van der Waals surface area contributed by atoms with Crippen molar-refractivity contribution < 1.29 is 14.3 Å². The summed E-state index contributed by atoms with van der Waals surface area (Å²) in [5.41, 5.74) is 2.13. The monoisotopic (exact) mass is 362 g/mol. The van der Waals surface area contributed by atoms with E-state index in [1.165, 1.54) is 14.0 Å². The van der Waals surface area contributed by atoms with Gasteiger partial charge in [-0.2, -0.15) is 0 Å². The molecule has 5 heteroatoms. The Kier molecular flexibility index (Phi) is 5.33. The molecule has 1 aromatic carbocycles. The van der Waals surface area contributed by atoms with Gasteiger partial charge in [-0.3, -0.25) is 4.79 Å². The molecule has 0 aromatic heterocycles. The number of halogens is 2. The average molecular weight is 364 g/mol. The molecule has 3 nitrogen and oxygen atoms in total. The van der Waals surface area contributed by atoms with Crippen LogP contribution in [0.2, 0.25) is 0 Å². The second kappa shape index (κ2) is 6.31. The topological polar surface area (TPSA) is 43.4 Å². The number of carbonyl (C=O) groups is 2. The first-order chi connectivity index (χ1) is 7.99. The Balaban J connectivity index is 3.22. The highest BCUT2D eigenvalue weighted by molar-refractivity contribution is 9.09. The maximum absolute atomic E-state index is 11.5. The van der Waals surface area contributed by atoms with Crippen molar-refractivity contribution in [2.75, 3.05) is 7.11 Å². The SMILES string of the molecule is COC(=O)c1cc(CBr)cc(C(Br)C(C)=O)c1. The Morgan fingerprint density at radius 2 is 2.00 bits per heavy atom. The van der Waals surface area contributed by atoms with Crippen molar-refractivity contribution in [2.24, 2.45) is 0 Å². The Morgan fingerprint density at radius 1 is 1.35 bits per heavy atom. The van der Waals surface area contributed by atoms with Gasteiger partial charge < -0.3 is 4.74 Å². The second-order valence-electron chi connectivity index (χ2n) is 3.56. The summed E-state index contributed by atoms with van der Waals surface area (Å²) in [4.78, 5) is 22.4. The number of methoxy groups -OCH3 is 1. The molecule has 0 radical (unpaired) electrons. The summed E-state index contributed by atoms with van der Waals surface area (Å²) in [7, 11) is 1.33.